The Morgan fingerprint density at radius 1 is 1.14 bits per heavy atom. The zero-order valence-corrected chi connectivity index (χ0v) is 16.4. The van der Waals surface area contributed by atoms with Crippen LogP contribution in [0.3, 0.4) is 0 Å². The number of benzene rings is 1. The van der Waals surface area contributed by atoms with E-state index in [4.69, 9.17) is 19.9 Å². The average Bonchev–Trinajstić information content (AvgIpc) is 2.71. The Balaban J connectivity index is 1.76. The van der Waals surface area contributed by atoms with Crippen LogP contribution in [0.5, 0.6) is 11.5 Å². The van der Waals surface area contributed by atoms with E-state index in [-0.39, 0.29) is 12.7 Å². The molecular formula is C19H25N5O4. The molecule has 150 valence electrons. The first kappa shape index (κ1) is 19.5. The van der Waals surface area contributed by atoms with Crippen molar-refractivity contribution in [2.24, 2.45) is 0 Å². The molecule has 1 amide bonds. The Morgan fingerprint density at radius 2 is 1.79 bits per heavy atom. The molecule has 9 nitrogen and oxygen atoms in total. The first-order valence-corrected chi connectivity index (χ1v) is 8.93. The molecule has 0 atom stereocenters. The zero-order chi connectivity index (χ0) is 20.3. The van der Waals surface area contributed by atoms with Crippen molar-refractivity contribution in [3.63, 3.8) is 0 Å². The van der Waals surface area contributed by atoms with Crippen molar-refractivity contribution in [2.45, 2.75) is 6.92 Å². The van der Waals surface area contributed by atoms with Crippen LogP contribution in [0.15, 0.2) is 24.3 Å². The number of aromatic nitrogens is 2. The second-order valence-electron chi connectivity index (χ2n) is 6.62. The molecular weight excluding hydrogens is 362 g/mol. The standard InChI is InChI=1S/C19H25N5O4/c1-12(2)11-28-19(25)24-7-5-23(6-8-24)18-21-14-10-16(27-4)15(26-3)9-13(14)17(20)22-18/h9-10H,1,5-8,11H2,2-4H3,(H2,20,21,22). The third-order valence-corrected chi connectivity index (χ3v) is 4.48. The maximum atomic E-state index is 12.1. The lowest BCUT2D eigenvalue weighted by Gasteiger charge is -2.34. The van der Waals surface area contributed by atoms with Crippen LogP contribution in [0.25, 0.3) is 10.9 Å². The maximum Gasteiger partial charge on any atom is 0.410 e. The van der Waals surface area contributed by atoms with Gasteiger partial charge in [-0.25, -0.2) is 9.78 Å². The summed E-state index contributed by atoms with van der Waals surface area (Å²) in [6.07, 6.45) is -0.335. The third-order valence-electron chi connectivity index (χ3n) is 4.48. The molecule has 1 aliphatic heterocycles. The van der Waals surface area contributed by atoms with Crippen LogP contribution < -0.4 is 20.1 Å². The summed E-state index contributed by atoms with van der Waals surface area (Å²) < 4.78 is 15.9. The highest BCUT2D eigenvalue weighted by Gasteiger charge is 2.24. The summed E-state index contributed by atoms with van der Waals surface area (Å²) in [5.74, 6) is 2.03. The minimum Gasteiger partial charge on any atom is -0.493 e. The summed E-state index contributed by atoms with van der Waals surface area (Å²) in [5, 5.41) is 0.698. The molecule has 0 spiro atoms. The summed E-state index contributed by atoms with van der Waals surface area (Å²) in [5.41, 5.74) is 7.63. The number of methoxy groups -OCH3 is 2. The second-order valence-corrected chi connectivity index (χ2v) is 6.62. The summed E-state index contributed by atoms with van der Waals surface area (Å²) in [6, 6.07) is 3.55. The number of carbonyl (C=O) groups excluding carboxylic acids is 1. The molecule has 3 rings (SSSR count). The number of rotatable bonds is 5. The van der Waals surface area contributed by atoms with E-state index in [0.717, 1.165) is 5.57 Å². The number of anilines is 2. The lowest BCUT2D eigenvalue weighted by Crippen LogP contribution is -2.49. The van der Waals surface area contributed by atoms with E-state index in [1.54, 1.807) is 31.3 Å². The number of nitrogens with zero attached hydrogens (tertiary/aromatic N) is 4. The summed E-state index contributed by atoms with van der Waals surface area (Å²) in [7, 11) is 3.14. The monoisotopic (exact) mass is 387 g/mol. The fourth-order valence-electron chi connectivity index (χ4n) is 2.97. The largest absolute Gasteiger partial charge is 0.493 e. The van der Waals surface area contributed by atoms with Crippen molar-refractivity contribution in [1.29, 1.82) is 0 Å². The van der Waals surface area contributed by atoms with Gasteiger partial charge in [0.15, 0.2) is 11.5 Å². The smallest absolute Gasteiger partial charge is 0.410 e. The van der Waals surface area contributed by atoms with Gasteiger partial charge >= 0.3 is 6.09 Å². The fourth-order valence-corrected chi connectivity index (χ4v) is 2.97. The van der Waals surface area contributed by atoms with Crippen LogP contribution in [-0.4, -0.2) is 68.0 Å². The number of piperazine rings is 1. The molecule has 0 unspecified atom stereocenters. The van der Waals surface area contributed by atoms with E-state index >= 15 is 0 Å². The second kappa shape index (κ2) is 8.20. The number of hydrogen-bond donors (Lipinski definition) is 1. The molecule has 2 N–H and O–H groups in total. The molecule has 1 saturated heterocycles. The van der Waals surface area contributed by atoms with Gasteiger partial charge in [-0.05, 0) is 18.6 Å². The Labute approximate surface area is 163 Å². The predicted octanol–water partition coefficient (Wildman–Crippen LogP) is 2.06. The molecule has 1 aromatic carbocycles. The van der Waals surface area contributed by atoms with Crippen molar-refractivity contribution < 1.29 is 19.0 Å². The lowest BCUT2D eigenvalue weighted by atomic mass is 10.2. The van der Waals surface area contributed by atoms with Crippen LogP contribution in [0.1, 0.15) is 6.92 Å². The van der Waals surface area contributed by atoms with Gasteiger partial charge in [-0.2, -0.15) is 4.98 Å². The summed E-state index contributed by atoms with van der Waals surface area (Å²) in [4.78, 5) is 24.8. The molecule has 1 fully saturated rings. The number of nitrogen functional groups attached to an aromatic ring is 1. The SMILES string of the molecule is C=C(C)COC(=O)N1CCN(c2nc(N)c3cc(OC)c(OC)cc3n2)CC1. The number of fused-ring (bicyclic) bond motifs is 1. The van der Waals surface area contributed by atoms with Crippen molar-refractivity contribution in [3.8, 4) is 11.5 Å². The normalized spacial score (nSPS) is 14.1. The van der Waals surface area contributed by atoms with Gasteiger partial charge in [0, 0.05) is 37.6 Å². The molecule has 9 heteroatoms. The molecule has 1 aliphatic rings. The molecule has 0 saturated carbocycles. The highest BCUT2D eigenvalue weighted by Crippen LogP contribution is 2.34. The Bertz CT molecular complexity index is 894. The highest BCUT2D eigenvalue weighted by molar-refractivity contribution is 5.91. The summed E-state index contributed by atoms with van der Waals surface area (Å²) in [6.45, 7) is 7.98. The Hall–Kier alpha value is -3.23. The number of hydrogen-bond acceptors (Lipinski definition) is 8. The van der Waals surface area contributed by atoms with Crippen LogP contribution in [-0.2, 0) is 4.74 Å². The van der Waals surface area contributed by atoms with E-state index in [1.807, 2.05) is 11.8 Å². The van der Waals surface area contributed by atoms with Gasteiger partial charge in [-0.1, -0.05) is 6.58 Å². The minimum absolute atomic E-state index is 0.231. The van der Waals surface area contributed by atoms with Crippen LogP contribution in [0, 0.1) is 0 Å². The molecule has 0 bridgehead atoms. The van der Waals surface area contributed by atoms with Crippen LogP contribution in [0.4, 0.5) is 16.6 Å². The lowest BCUT2D eigenvalue weighted by molar-refractivity contribution is 0.108. The quantitative estimate of drug-likeness (QED) is 0.778. The van der Waals surface area contributed by atoms with E-state index in [1.165, 1.54) is 0 Å². The van der Waals surface area contributed by atoms with E-state index in [0.29, 0.717) is 60.3 Å². The molecule has 2 heterocycles. The zero-order valence-electron chi connectivity index (χ0n) is 16.4. The van der Waals surface area contributed by atoms with Gasteiger partial charge in [0.2, 0.25) is 5.95 Å². The third kappa shape index (κ3) is 4.03. The van der Waals surface area contributed by atoms with Gasteiger partial charge in [-0.15, -0.1) is 0 Å². The van der Waals surface area contributed by atoms with E-state index in [9.17, 15) is 4.79 Å². The van der Waals surface area contributed by atoms with Crippen molar-refractivity contribution in [1.82, 2.24) is 14.9 Å². The van der Waals surface area contributed by atoms with Gasteiger partial charge in [-0.3, -0.25) is 0 Å². The van der Waals surface area contributed by atoms with Gasteiger partial charge in [0.05, 0.1) is 19.7 Å². The van der Waals surface area contributed by atoms with Crippen LogP contribution >= 0.6 is 0 Å². The van der Waals surface area contributed by atoms with Gasteiger partial charge in [0.25, 0.3) is 0 Å². The maximum absolute atomic E-state index is 12.1. The fraction of sp³-hybridized carbons (Fsp3) is 0.421. The highest BCUT2D eigenvalue weighted by atomic mass is 16.6. The average molecular weight is 387 g/mol. The molecule has 1 aromatic heterocycles. The molecule has 0 radical (unpaired) electrons. The Kier molecular flexibility index (Phi) is 5.72. The topological polar surface area (TPSA) is 103 Å². The molecule has 28 heavy (non-hydrogen) atoms. The van der Waals surface area contributed by atoms with E-state index in [2.05, 4.69) is 16.5 Å². The summed E-state index contributed by atoms with van der Waals surface area (Å²) >= 11 is 0. The number of amides is 1. The van der Waals surface area contributed by atoms with E-state index < -0.39 is 0 Å². The number of nitrogens with two attached hydrogens (primary N) is 1. The number of carbonyl (C=O) groups is 1. The van der Waals surface area contributed by atoms with Crippen LogP contribution in [0.2, 0.25) is 0 Å². The molecule has 2 aromatic rings. The first-order chi connectivity index (χ1) is 13.4. The molecule has 0 aliphatic carbocycles. The Morgan fingerprint density at radius 3 is 2.39 bits per heavy atom. The van der Waals surface area contributed by atoms with Gasteiger partial charge in [0.1, 0.15) is 12.4 Å². The minimum atomic E-state index is -0.335. The van der Waals surface area contributed by atoms with Gasteiger partial charge < -0.3 is 29.7 Å². The van der Waals surface area contributed by atoms with Crippen molar-refractivity contribution >= 4 is 28.8 Å². The number of ether oxygens (including phenoxy) is 3. The van der Waals surface area contributed by atoms with Crippen molar-refractivity contribution in [2.75, 3.05) is 57.6 Å². The van der Waals surface area contributed by atoms with Crippen molar-refractivity contribution in [3.05, 3.63) is 24.3 Å². The first-order valence-electron chi connectivity index (χ1n) is 8.93. The predicted molar refractivity (Wildman–Crippen MR) is 107 cm³/mol.